The molecule has 116 valence electrons. The fourth-order valence-corrected chi connectivity index (χ4v) is 2.38. The van der Waals surface area contributed by atoms with Crippen LogP contribution in [0.5, 0.6) is 0 Å². The van der Waals surface area contributed by atoms with E-state index in [0.29, 0.717) is 0 Å². The molecule has 4 nitrogen and oxygen atoms in total. The molecule has 0 heterocycles. The Balaban J connectivity index is 3.92. The lowest BCUT2D eigenvalue weighted by atomic mass is 9.88. The molecule has 0 aliphatic rings. The van der Waals surface area contributed by atoms with Crippen LogP contribution in [0.15, 0.2) is 0 Å². The zero-order valence-corrected chi connectivity index (χ0v) is 13.4. The molecule has 0 aliphatic carbocycles. The average Bonchev–Trinajstić information content (AvgIpc) is 2.39. The van der Waals surface area contributed by atoms with Crippen LogP contribution in [0.4, 0.5) is 0 Å². The molecule has 0 amide bonds. The molecule has 2 N–H and O–H groups in total. The van der Waals surface area contributed by atoms with Gasteiger partial charge < -0.3 is 15.2 Å². The monoisotopic (exact) mass is 274 g/mol. The third-order valence-corrected chi connectivity index (χ3v) is 3.75. The highest BCUT2D eigenvalue weighted by molar-refractivity contribution is 4.66. The predicted molar refractivity (Wildman–Crippen MR) is 81.4 cm³/mol. The Morgan fingerprint density at radius 3 is 1.95 bits per heavy atom. The Morgan fingerprint density at radius 2 is 1.53 bits per heavy atom. The minimum absolute atomic E-state index is 0.731. The highest BCUT2D eigenvalue weighted by Crippen LogP contribution is 2.20. The highest BCUT2D eigenvalue weighted by Gasteiger charge is 2.13. The van der Waals surface area contributed by atoms with Crippen LogP contribution in [0.3, 0.4) is 0 Å². The maximum Gasteiger partial charge on any atom is 0.0589 e. The first-order chi connectivity index (χ1) is 9.15. The third-order valence-electron chi connectivity index (χ3n) is 3.75. The van der Waals surface area contributed by atoms with Crippen LogP contribution in [0.25, 0.3) is 0 Å². The summed E-state index contributed by atoms with van der Waals surface area (Å²) in [5.41, 5.74) is 5.69. The molecule has 0 aromatic heterocycles. The van der Waals surface area contributed by atoms with Crippen molar-refractivity contribution in [3.63, 3.8) is 0 Å². The topological polar surface area (TPSA) is 47.7 Å². The maximum atomic E-state index is 5.69. The van der Waals surface area contributed by atoms with Crippen LogP contribution >= 0.6 is 0 Å². The van der Waals surface area contributed by atoms with Crippen molar-refractivity contribution in [3.05, 3.63) is 0 Å². The first-order valence-electron chi connectivity index (χ1n) is 7.56. The lowest BCUT2D eigenvalue weighted by molar-refractivity contribution is 0.111. The van der Waals surface area contributed by atoms with Crippen molar-refractivity contribution in [2.45, 2.75) is 33.1 Å². The van der Waals surface area contributed by atoms with E-state index in [1.807, 2.05) is 0 Å². The van der Waals surface area contributed by atoms with Crippen LogP contribution in [0.2, 0.25) is 0 Å². The lowest BCUT2D eigenvalue weighted by Gasteiger charge is -2.24. The zero-order chi connectivity index (χ0) is 14.5. The van der Waals surface area contributed by atoms with E-state index in [0.717, 1.165) is 57.6 Å². The molecule has 1 atom stereocenters. The van der Waals surface area contributed by atoms with Gasteiger partial charge in [-0.2, -0.15) is 0 Å². The first kappa shape index (κ1) is 18.8. The van der Waals surface area contributed by atoms with E-state index < -0.39 is 0 Å². The zero-order valence-electron chi connectivity index (χ0n) is 13.4. The summed E-state index contributed by atoms with van der Waals surface area (Å²) in [5, 5.41) is 0. The van der Waals surface area contributed by atoms with E-state index in [-0.39, 0.29) is 0 Å². The van der Waals surface area contributed by atoms with Crippen LogP contribution in [-0.4, -0.2) is 58.5 Å². The van der Waals surface area contributed by atoms with E-state index in [4.69, 9.17) is 15.2 Å². The molecule has 1 unspecified atom stereocenters. The van der Waals surface area contributed by atoms with Gasteiger partial charge in [0.1, 0.15) is 0 Å². The molecule has 0 rings (SSSR count). The molecule has 0 aromatic carbocycles. The molecule has 0 bridgehead atoms. The molecule has 0 aliphatic heterocycles. The van der Waals surface area contributed by atoms with Gasteiger partial charge in [0.2, 0.25) is 0 Å². The second-order valence-corrected chi connectivity index (χ2v) is 5.55. The van der Waals surface area contributed by atoms with Crippen molar-refractivity contribution < 1.29 is 9.47 Å². The normalized spacial score (nSPS) is 13.4. The Kier molecular flexibility index (Phi) is 12.7. The van der Waals surface area contributed by atoms with Gasteiger partial charge in [0.15, 0.2) is 0 Å². The van der Waals surface area contributed by atoms with Gasteiger partial charge in [-0.3, -0.25) is 4.90 Å². The smallest absolute Gasteiger partial charge is 0.0589 e. The first-order valence-corrected chi connectivity index (χ1v) is 7.56. The second kappa shape index (κ2) is 12.9. The average molecular weight is 274 g/mol. The Labute approximate surface area is 119 Å². The molecular weight excluding hydrogens is 240 g/mol. The predicted octanol–water partition coefficient (Wildman–Crippen LogP) is 1.98. The molecular formula is C15H34N2O2. The van der Waals surface area contributed by atoms with Crippen molar-refractivity contribution in [2.75, 3.05) is 53.6 Å². The summed E-state index contributed by atoms with van der Waals surface area (Å²) in [6.45, 7) is 10.1. The minimum atomic E-state index is 0.731. The lowest BCUT2D eigenvalue weighted by Crippen LogP contribution is -2.32. The summed E-state index contributed by atoms with van der Waals surface area (Å²) < 4.78 is 10.3. The number of hydrogen-bond acceptors (Lipinski definition) is 4. The van der Waals surface area contributed by atoms with E-state index in [9.17, 15) is 0 Å². The van der Waals surface area contributed by atoms with Gasteiger partial charge in [0.25, 0.3) is 0 Å². The van der Waals surface area contributed by atoms with Gasteiger partial charge in [-0.1, -0.05) is 13.8 Å². The number of nitrogens with two attached hydrogens (primary N) is 1. The SMILES string of the molecule is COCCN(CCCC(CCN)C(C)C)CCOC. The second-order valence-electron chi connectivity index (χ2n) is 5.55. The molecule has 0 spiro atoms. The van der Waals surface area contributed by atoms with Gasteiger partial charge in [-0.05, 0) is 44.2 Å². The fourth-order valence-electron chi connectivity index (χ4n) is 2.38. The standard InChI is InChI=1S/C15H34N2O2/c1-14(2)15(7-8-16)6-5-9-17(10-12-18-3)11-13-19-4/h14-15H,5-13,16H2,1-4H3. The molecule has 0 saturated carbocycles. The van der Waals surface area contributed by atoms with Crippen LogP contribution < -0.4 is 5.73 Å². The molecule has 0 fully saturated rings. The molecule has 0 radical (unpaired) electrons. The summed E-state index contributed by atoms with van der Waals surface area (Å²) >= 11 is 0. The summed E-state index contributed by atoms with van der Waals surface area (Å²) in [4.78, 5) is 2.42. The maximum absolute atomic E-state index is 5.69. The van der Waals surface area contributed by atoms with Crippen molar-refractivity contribution in [1.29, 1.82) is 0 Å². The largest absolute Gasteiger partial charge is 0.383 e. The van der Waals surface area contributed by atoms with Crippen LogP contribution in [0.1, 0.15) is 33.1 Å². The van der Waals surface area contributed by atoms with E-state index in [2.05, 4.69) is 18.7 Å². The van der Waals surface area contributed by atoms with Gasteiger partial charge in [-0.25, -0.2) is 0 Å². The van der Waals surface area contributed by atoms with E-state index in [1.54, 1.807) is 14.2 Å². The van der Waals surface area contributed by atoms with E-state index in [1.165, 1.54) is 12.8 Å². The van der Waals surface area contributed by atoms with Gasteiger partial charge in [0.05, 0.1) is 13.2 Å². The number of rotatable bonds is 13. The Bertz CT molecular complexity index is 181. The molecule has 19 heavy (non-hydrogen) atoms. The number of ether oxygens (including phenoxy) is 2. The van der Waals surface area contributed by atoms with Crippen molar-refractivity contribution in [2.24, 2.45) is 17.6 Å². The summed E-state index contributed by atoms with van der Waals surface area (Å²) in [7, 11) is 3.51. The van der Waals surface area contributed by atoms with Crippen LogP contribution in [0, 0.1) is 11.8 Å². The third kappa shape index (κ3) is 10.3. The van der Waals surface area contributed by atoms with Crippen molar-refractivity contribution in [3.8, 4) is 0 Å². The number of methoxy groups -OCH3 is 2. The molecule has 0 aromatic rings. The Morgan fingerprint density at radius 1 is 0.947 bits per heavy atom. The molecule has 4 heteroatoms. The van der Waals surface area contributed by atoms with Gasteiger partial charge in [-0.15, -0.1) is 0 Å². The van der Waals surface area contributed by atoms with Crippen LogP contribution in [-0.2, 0) is 9.47 Å². The molecule has 0 saturated heterocycles. The minimum Gasteiger partial charge on any atom is -0.383 e. The van der Waals surface area contributed by atoms with E-state index >= 15 is 0 Å². The quantitative estimate of drug-likeness (QED) is 0.558. The summed E-state index contributed by atoms with van der Waals surface area (Å²) in [6.07, 6.45) is 3.65. The van der Waals surface area contributed by atoms with Crippen molar-refractivity contribution in [1.82, 2.24) is 4.90 Å². The van der Waals surface area contributed by atoms with Gasteiger partial charge >= 0.3 is 0 Å². The summed E-state index contributed by atoms with van der Waals surface area (Å²) in [6, 6.07) is 0. The fraction of sp³-hybridized carbons (Fsp3) is 1.00. The Hall–Kier alpha value is -0.160. The number of hydrogen-bond donors (Lipinski definition) is 1. The highest BCUT2D eigenvalue weighted by atomic mass is 16.5. The van der Waals surface area contributed by atoms with Gasteiger partial charge in [0, 0.05) is 27.3 Å². The van der Waals surface area contributed by atoms with Crippen molar-refractivity contribution >= 4 is 0 Å². The number of nitrogens with zero attached hydrogens (tertiary/aromatic N) is 1. The summed E-state index contributed by atoms with van der Waals surface area (Å²) in [5.74, 6) is 1.49.